The number of H-pyrrole nitrogens is 1. The Hall–Kier alpha value is -3.52. The largest absolute Gasteiger partial charge is 0.377 e. The van der Waals surface area contributed by atoms with Crippen LogP contribution in [-0.2, 0) is 11.8 Å². The van der Waals surface area contributed by atoms with E-state index < -0.39 is 6.04 Å². The Morgan fingerprint density at radius 2 is 2.13 bits per heavy atom. The summed E-state index contributed by atoms with van der Waals surface area (Å²) in [5.74, 6) is -0.508. The van der Waals surface area contributed by atoms with E-state index in [1.54, 1.807) is 40.1 Å². The number of nitrogens with one attached hydrogen (secondary N) is 1. The summed E-state index contributed by atoms with van der Waals surface area (Å²) in [5, 5.41) is 7.61. The van der Waals surface area contributed by atoms with Crippen molar-refractivity contribution in [3.05, 3.63) is 71.9 Å². The van der Waals surface area contributed by atoms with Gasteiger partial charge in [0, 0.05) is 36.3 Å². The van der Waals surface area contributed by atoms with Crippen molar-refractivity contribution in [2.75, 3.05) is 19.8 Å². The van der Waals surface area contributed by atoms with E-state index in [1.165, 1.54) is 6.07 Å². The molecule has 8 heteroatoms. The number of hydrogen-bond acceptors (Lipinski definition) is 4. The molecule has 1 N–H and O–H groups in total. The Morgan fingerprint density at radius 1 is 1.27 bits per heavy atom. The normalized spacial score (nSPS) is 16.9. The zero-order valence-corrected chi connectivity index (χ0v) is 16.4. The van der Waals surface area contributed by atoms with Gasteiger partial charge < -0.3 is 14.2 Å². The van der Waals surface area contributed by atoms with Crippen molar-refractivity contribution in [2.45, 2.75) is 6.04 Å². The molecule has 152 valence electrons. The van der Waals surface area contributed by atoms with Crippen LogP contribution >= 0.6 is 0 Å². The molecule has 0 radical (unpaired) electrons. The highest BCUT2D eigenvalue weighted by molar-refractivity contribution is 5.98. The first kappa shape index (κ1) is 18.5. The smallest absolute Gasteiger partial charge is 0.271 e. The first-order valence-electron chi connectivity index (χ1n) is 9.72. The summed E-state index contributed by atoms with van der Waals surface area (Å²) in [4.78, 5) is 19.9. The molecule has 1 aliphatic heterocycles. The second-order valence-electron chi connectivity index (χ2n) is 7.30. The maximum Gasteiger partial charge on any atom is 0.271 e. The molecule has 0 spiro atoms. The molecular weight excluding hydrogens is 385 g/mol. The van der Waals surface area contributed by atoms with Crippen LogP contribution in [0.4, 0.5) is 4.39 Å². The molecule has 1 aromatic carbocycles. The Morgan fingerprint density at radius 3 is 2.93 bits per heavy atom. The van der Waals surface area contributed by atoms with Gasteiger partial charge in [-0.25, -0.2) is 9.37 Å². The molecule has 1 aliphatic rings. The number of halogens is 1. The minimum absolute atomic E-state index is 0.170. The number of hydrogen-bond donors (Lipinski definition) is 1. The zero-order chi connectivity index (χ0) is 20.7. The summed E-state index contributed by atoms with van der Waals surface area (Å²) < 4.78 is 21.8. The summed E-state index contributed by atoms with van der Waals surface area (Å²) in [6.45, 7) is 1.08. The van der Waals surface area contributed by atoms with Crippen LogP contribution in [0.25, 0.3) is 22.3 Å². The number of morpholine rings is 1. The lowest BCUT2D eigenvalue weighted by molar-refractivity contribution is -0.00410. The molecule has 0 unspecified atom stereocenters. The third-order valence-corrected chi connectivity index (χ3v) is 5.54. The van der Waals surface area contributed by atoms with Gasteiger partial charge >= 0.3 is 0 Å². The molecular formula is C22H20FN5O2. The van der Waals surface area contributed by atoms with Gasteiger partial charge in [0.2, 0.25) is 0 Å². The number of amides is 1. The van der Waals surface area contributed by atoms with Crippen LogP contribution in [0.2, 0.25) is 0 Å². The summed E-state index contributed by atoms with van der Waals surface area (Å²) in [5.41, 5.74) is 3.31. The van der Waals surface area contributed by atoms with Gasteiger partial charge in [-0.3, -0.25) is 9.89 Å². The second-order valence-corrected chi connectivity index (χ2v) is 7.30. The van der Waals surface area contributed by atoms with E-state index >= 15 is 0 Å². The van der Waals surface area contributed by atoms with Crippen LogP contribution in [0.15, 0.2) is 54.9 Å². The van der Waals surface area contributed by atoms with Crippen molar-refractivity contribution < 1.29 is 13.9 Å². The molecule has 1 amide bonds. The van der Waals surface area contributed by atoms with E-state index in [0.717, 1.165) is 16.6 Å². The van der Waals surface area contributed by atoms with E-state index in [9.17, 15) is 9.18 Å². The monoisotopic (exact) mass is 405 g/mol. The zero-order valence-electron chi connectivity index (χ0n) is 16.4. The van der Waals surface area contributed by atoms with Crippen LogP contribution in [0, 0.1) is 5.82 Å². The first-order chi connectivity index (χ1) is 14.6. The topological polar surface area (TPSA) is 76.0 Å². The molecule has 0 saturated carbocycles. The number of aromatic nitrogens is 4. The summed E-state index contributed by atoms with van der Waals surface area (Å²) >= 11 is 0. The lowest BCUT2D eigenvalue weighted by Crippen LogP contribution is -2.44. The van der Waals surface area contributed by atoms with E-state index in [2.05, 4.69) is 10.2 Å². The second kappa shape index (κ2) is 7.38. The lowest BCUT2D eigenvalue weighted by atomic mass is 10.0. The fourth-order valence-electron chi connectivity index (χ4n) is 3.95. The highest BCUT2D eigenvalue weighted by Crippen LogP contribution is 2.29. The van der Waals surface area contributed by atoms with E-state index in [0.29, 0.717) is 30.1 Å². The van der Waals surface area contributed by atoms with Gasteiger partial charge in [0.1, 0.15) is 17.2 Å². The molecule has 1 fully saturated rings. The molecule has 0 aliphatic carbocycles. The molecule has 1 atom stereocenters. The minimum atomic E-state index is -0.472. The van der Waals surface area contributed by atoms with Gasteiger partial charge in [-0.2, -0.15) is 5.10 Å². The predicted octanol–water partition coefficient (Wildman–Crippen LogP) is 3.32. The van der Waals surface area contributed by atoms with E-state index in [1.807, 2.05) is 25.2 Å². The van der Waals surface area contributed by atoms with Gasteiger partial charge in [-0.15, -0.1) is 0 Å². The van der Waals surface area contributed by atoms with Gasteiger partial charge in [-0.05, 0) is 24.3 Å². The number of carbonyl (C=O) groups excluding carboxylic acids is 1. The van der Waals surface area contributed by atoms with E-state index in [-0.39, 0.29) is 18.3 Å². The van der Waals surface area contributed by atoms with Crippen molar-refractivity contribution in [3.8, 4) is 11.3 Å². The number of fused-ring (bicyclic) bond motifs is 1. The van der Waals surface area contributed by atoms with Crippen LogP contribution < -0.4 is 0 Å². The number of aromatic amines is 1. The maximum atomic E-state index is 14.4. The van der Waals surface area contributed by atoms with Crippen molar-refractivity contribution >= 4 is 16.9 Å². The van der Waals surface area contributed by atoms with Gasteiger partial charge in [0.05, 0.1) is 31.1 Å². The molecule has 0 bridgehead atoms. The molecule has 5 rings (SSSR count). The summed E-state index contributed by atoms with van der Waals surface area (Å²) in [6, 6.07) is 11.7. The maximum absolute atomic E-state index is 14.4. The minimum Gasteiger partial charge on any atom is -0.377 e. The Bertz CT molecular complexity index is 1220. The van der Waals surface area contributed by atoms with Crippen molar-refractivity contribution in [3.63, 3.8) is 0 Å². The fourth-order valence-corrected chi connectivity index (χ4v) is 3.95. The number of benzene rings is 1. The number of ether oxygens (including phenoxy) is 1. The third-order valence-electron chi connectivity index (χ3n) is 5.54. The lowest BCUT2D eigenvalue weighted by Gasteiger charge is -2.36. The average molecular weight is 405 g/mol. The van der Waals surface area contributed by atoms with Gasteiger partial charge in [-0.1, -0.05) is 18.2 Å². The van der Waals surface area contributed by atoms with E-state index in [4.69, 9.17) is 9.72 Å². The number of carbonyl (C=O) groups is 1. The summed E-state index contributed by atoms with van der Waals surface area (Å²) in [6.07, 6.45) is 3.48. The Balaban J connectivity index is 1.53. The van der Waals surface area contributed by atoms with Crippen LogP contribution in [0.1, 0.15) is 22.1 Å². The third kappa shape index (κ3) is 3.05. The van der Waals surface area contributed by atoms with Crippen LogP contribution in [0.3, 0.4) is 0 Å². The first-order valence-corrected chi connectivity index (χ1v) is 9.72. The molecule has 4 aromatic rings. The number of aryl methyl sites for hydroxylation is 1. The van der Waals surface area contributed by atoms with Crippen molar-refractivity contribution in [1.82, 2.24) is 24.6 Å². The average Bonchev–Trinajstić information content (AvgIpc) is 3.42. The SMILES string of the molecule is Cn1c(C(=O)N2CCOC[C@@H]2c2ccccc2F)cc2ccc(-c3cn[nH]c3)nc21. The Kier molecular flexibility index (Phi) is 4.55. The Labute approximate surface area is 172 Å². The molecule has 30 heavy (non-hydrogen) atoms. The summed E-state index contributed by atoms with van der Waals surface area (Å²) in [7, 11) is 1.82. The van der Waals surface area contributed by atoms with Crippen LogP contribution in [0.5, 0.6) is 0 Å². The predicted molar refractivity (Wildman–Crippen MR) is 109 cm³/mol. The molecule has 3 aromatic heterocycles. The van der Waals surface area contributed by atoms with Crippen molar-refractivity contribution in [1.29, 1.82) is 0 Å². The quantitative estimate of drug-likeness (QED) is 0.567. The number of nitrogens with zero attached hydrogens (tertiary/aromatic N) is 4. The standard InChI is InChI=1S/C22H20FN5O2/c1-27-19(10-14-6-7-18(26-21(14)27)15-11-24-25-12-15)22(29)28-8-9-30-13-20(28)16-4-2-3-5-17(16)23/h2-7,10-12,20H,8-9,13H2,1H3,(H,24,25)/t20-/m1/s1. The van der Waals surface area contributed by atoms with Crippen LogP contribution in [-0.4, -0.2) is 50.3 Å². The highest BCUT2D eigenvalue weighted by atomic mass is 19.1. The van der Waals surface area contributed by atoms with Gasteiger partial charge in [0.15, 0.2) is 0 Å². The number of rotatable bonds is 3. The van der Waals surface area contributed by atoms with Gasteiger partial charge in [0.25, 0.3) is 5.91 Å². The molecule has 1 saturated heterocycles. The fraction of sp³-hybridized carbons (Fsp3) is 0.227. The molecule has 4 heterocycles. The number of pyridine rings is 1. The molecule has 7 nitrogen and oxygen atoms in total. The van der Waals surface area contributed by atoms with Crippen molar-refractivity contribution in [2.24, 2.45) is 7.05 Å². The highest BCUT2D eigenvalue weighted by Gasteiger charge is 2.32.